The lowest BCUT2D eigenvalue weighted by Crippen LogP contribution is -2.33. The number of amides is 1. The van der Waals surface area contributed by atoms with Crippen molar-refractivity contribution in [3.8, 4) is 0 Å². The van der Waals surface area contributed by atoms with E-state index in [9.17, 15) is 9.59 Å². The van der Waals surface area contributed by atoms with Crippen LogP contribution in [-0.2, 0) is 16.1 Å². The number of nitrogens with zero attached hydrogens (tertiary/aromatic N) is 1. The summed E-state index contributed by atoms with van der Waals surface area (Å²) < 4.78 is 5.13. The van der Waals surface area contributed by atoms with Crippen molar-refractivity contribution in [3.05, 3.63) is 35.9 Å². The molecule has 0 fully saturated rings. The molecule has 21 heavy (non-hydrogen) atoms. The zero-order chi connectivity index (χ0) is 15.0. The maximum absolute atomic E-state index is 11.7. The molecule has 0 heterocycles. The summed E-state index contributed by atoms with van der Waals surface area (Å²) in [6.45, 7) is 0.632. The number of halogens is 1. The molecule has 0 bridgehead atoms. The zero-order valence-corrected chi connectivity index (χ0v) is 12.7. The Kier molecular flexibility index (Phi) is 9.16. The second-order valence-electron chi connectivity index (χ2n) is 4.55. The first kappa shape index (κ1) is 19.2. The third kappa shape index (κ3) is 7.53. The molecule has 0 saturated heterocycles. The number of benzene rings is 1. The van der Waals surface area contributed by atoms with E-state index >= 15 is 0 Å². The van der Waals surface area contributed by atoms with Gasteiger partial charge in [-0.3, -0.25) is 4.79 Å². The highest BCUT2D eigenvalue weighted by atomic mass is 35.5. The molecule has 0 aliphatic rings. The van der Waals surface area contributed by atoms with Crippen LogP contribution in [0.3, 0.4) is 0 Å². The molecule has 1 amide bonds. The largest absolute Gasteiger partial charge is 0.480 e. The number of hydrogen-bond acceptors (Lipinski definition) is 4. The third-order valence-corrected chi connectivity index (χ3v) is 2.84. The van der Waals surface area contributed by atoms with Crippen LogP contribution in [0, 0.1) is 0 Å². The summed E-state index contributed by atoms with van der Waals surface area (Å²) in [5.74, 6) is -1.03. The van der Waals surface area contributed by atoms with Gasteiger partial charge in [-0.25, -0.2) is 4.79 Å². The Bertz CT molecular complexity index is 442. The Morgan fingerprint density at radius 2 is 1.95 bits per heavy atom. The summed E-state index contributed by atoms with van der Waals surface area (Å²) in [5.41, 5.74) is 6.30. The lowest BCUT2D eigenvalue weighted by atomic mass is 10.2. The van der Waals surface area contributed by atoms with E-state index in [4.69, 9.17) is 15.6 Å². The van der Waals surface area contributed by atoms with Gasteiger partial charge in [0.15, 0.2) is 0 Å². The minimum atomic E-state index is -1.03. The fraction of sp³-hybridized carbons (Fsp3) is 0.429. The van der Waals surface area contributed by atoms with Crippen molar-refractivity contribution < 1.29 is 19.4 Å². The lowest BCUT2D eigenvalue weighted by molar-refractivity contribution is -0.138. The summed E-state index contributed by atoms with van der Waals surface area (Å²) in [6, 6.07) is 8.51. The number of hydrogen-bond donors (Lipinski definition) is 2. The van der Waals surface area contributed by atoms with Gasteiger partial charge in [-0.1, -0.05) is 30.3 Å². The maximum Gasteiger partial charge on any atom is 0.409 e. The molecular weight excluding hydrogens is 296 g/mol. The van der Waals surface area contributed by atoms with Crippen molar-refractivity contribution >= 4 is 24.5 Å². The second kappa shape index (κ2) is 10.0. The smallest absolute Gasteiger partial charge is 0.409 e. The summed E-state index contributed by atoms with van der Waals surface area (Å²) in [6.07, 6.45) is 0.411. The normalized spacial score (nSPS) is 11.1. The maximum atomic E-state index is 11.7. The van der Waals surface area contributed by atoms with Crippen LogP contribution in [-0.4, -0.2) is 41.7 Å². The van der Waals surface area contributed by atoms with Gasteiger partial charge in [0.2, 0.25) is 0 Å². The Morgan fingerprint density at radius 1 is 1.33 bits per heavy atom. The van der Waals surface area contributed by atoms with Gasteiger partial charge >= 0.3 is 12.1 Å². The van der Waals surface area contributed by atoms with Gasteiger partial charge in [0.25, 0.3) is 0 Å². The van der Waals surface area contributed by atoms with Crippen LogP contribution in [0.25, 0.3) is 0 Å². The third-order valence-electron chi connectivity index (χ3n) is 2.84. The molecule has 0 unspecified atom stereocenters. The highest BCUT2D eigenvalue weighted by Crippen LogP contribution is 2.04. The molecule has 1 rings (SSSR count). The average Bonchev–Trinajstić information content (AvgIpc) is 2.45. The molecule has 6 nitrogen and oxygen atoms in total. The van der Waals surface area contributed by atoms with Crippen molar-refractivity contribution in [1.82, 2.24) is 4.90 Å². The van der Waals surface area contributed by atoms with E-state index in [0.717, 1.165) is 5.56 Å². The molecule has 0 aromatic heterocycles. The molecular formula is C14H21ClN2O4. The number of carboxylic acid groups (broad SMARTS) is 1. The first-order valence-electron chi connectivity index (χ1n) is 6.41. The van der Waals surface area contributed by atoms with E-state index in [1.165, 1.54) is 4.90 Å². The summed E-state index contributed by atoms with van der Waals surface area (Å²) >= 11 is 0. The fourth-order valence-electron chi connectivity index (χ4n) is 1.59. The van der Waals surface area contributed by atoms with Gasteiger partial charge in [-0.15, -0.1) is 12.4 Å². The van der Waals surface area contributed by atoms with E-state index in [2.05, 4.69) is 0 Å². The van der Waals surface area contributed by atoms with Crippen LogP contribution in [0.4, 0.5) is 4.79 Å². The fourth-order valence-corrected chi connectivity index (χ4v) is 1.59. The first-order chi connectivity index (χ1) is 9.50. The zero-order valence-electron chi connectivity index (χ0n) is 11.9. The Labute approximate surface area is 130 Å². The van der Waals surface area contributed by atoms with Gasteiger partial charge in [0.05, 0.1) is 0 Å². The second-order valence-corrected chi connectivity index (χ2v) is 4.55. The molecule has 0 aliphatic carbocycles. The van der Waals surface area contributed by atoms with Crippen molar-refractivity contribution in [2.24, 2.45) is 5.73 Å². The van der Waals surface area contributed by atoms with E-state index in [0.29, 0.717) is 19.4 Å². The van der Waals surface area contributed by atoms with E-state index in [1.807, 2.05) is 30.3 Å². The number of rotatable bonds is 7. The molecule has 3 N–H and O–H groups in total. The van der Waals surface area contributed by atoms with Crippen LogP contribution >= 0.6 is 12.4 Å². The molecule has 1 aromatic carbocycles. The van der Waals surface area contributed by atoms with Crippen molar-refractivity contribution in [3.63, 3.8) is 0 Å². The van der Waals surface area contributed by atoms with Crippen molar-refractivity contribution in [1.29, 1.82) is 0 Å². The van der Waals surface area contributed by atoms with Crippen LogP contribution in [0.15, 0.2) is 30.3 Å². The molecule has 0 saturated carbocycles. The molecule has 7 heteroatoms. The van der Waals surface area contributed by atoms with E-state index in [-0.39, 0.29) is 19.0 Å². The highest BCUT2D eigenvalue weighted by molar-refractivity contribution is 5.85. The van der Waals surface area contributed by atoms with Crippen molar-refractivity contribution in [2.75, 3.05) is 13.6 Å². The topological polar surface area (TPSA) is 92.9 Å². The number of ether oxygens (including phenoxy) is 1. The Hall–Kier alpha value is -1.79. The summed E-state index contributed by atoms with van der Waals surface area (Å²) in [5, 5.41) is 8.64. The Balaban J connectivity index is 0.00000400. The van der Waals surface area contributed by atoms with Crippen LogP contribution in [0.2, 0.25) is 0 Å². The minimum Gasteiger partial charge on any atom is -0.480 e. The molecule has 0 aliphatic heterocycles. The monoisotopic (exact) mass is 316 g/mol. The summed E-state index contributed by atoms with van der Waals surface area (Å²) in [7, 11) is 1.61. The van der Waals surface area contributed by atoms with Crippen LogP contribution in [0.1, 0.15) is 18.4 Å². The number of nitrogens with two attached hydrogens (primary N) is 1. The quantitative estimate of drug-likeness (QED) is 0.801. The van der Waals surface area contributed by atoms with E-state index in [1.54, 1.807) is 7.05 Å². The van der Waals surface area contributed by atoms with Gasteiger partial charge in [0, 0.05) is 13.6 Å². The number of carbonyl (C=O) groups is 2. The SMILES string of the molecule is CN(CCC[C@H](N)C(=O)O)C(=O)OCc1ccccc1.Cl. The predicted octanol–water partition coefficient (Wildman–Crippen LogP) is 1.87. The van der Waals surface area contributed by atoms with Gasteiger partial charge in [-0.05, 0) is 18.4 Å². The molecule has 1 aromatic rings. The molecule has 1 atom stereocenters. The minimum absolute atomic E-state index is 0. The summed E-state index contributed by atoms with van der Waals surface area (Å²) in [4.78, 5) is 23.6. The predicted molar refractivity (Wildman–Crippen MR) is 81.4 cm³/mol. The van der Waals surface area contributed by atoms with E-state index < -0.39 is 18.1 Å². The Morgan fingerprint density at radius 3 is 2.52 bits per heavy atom. The van der Waals surface area contributed by atoms with Crippen LogP contribution in [0.5, 0.6) is 0 Å². The number of carboxylic acids is 1. The van der Waals surface area contributed by atoms with Crippen LogP contribution < -0.4 is 5.73 Å². The average molecular weight is 317 g/mol. The standard InChI is InChI=1S/C14H20N2O4.ClH/c1-16(9-5-8-12(15)13(17)18)14(19)20-10-11-6-3-2-4-7-11;/h2-4,6-7,12H,5,8-10,15H2,1H3,(H,17,18);1H/t12-;/m0./s1. The van der Waals surface area contributed by atoms with Gasteiger partial charge in [0.1, 0.15) is 12.6 Å². The van der Waals surface area contributed by atoms with Crippen molar-refractivity contribution in [2.45, 2.75) is 25.5 Å². The lowest BCUT2D eigenvalue weighted by Gasteiger charge is -2.17. The highest BCUT2D eigenvalue weighted by Gasteiger charge is 2.13. The first-order valence-corrected chi connectivity index (χ1v) is 6.41. The van der Waals surface area contributed by atoms with Gasteiger partial charge in [-0.2, -0.15) is 0 Å². The molecule has 118 valence electrons. The number of carbonyl (C=O) groups excluding carboxylic acids is 1. The van der Waals surface area contributed by atoms with Gasteiger partial charge < -0.3 is 20.5 Å². The molecule has 0 spiro atoms. The molecule has 0 radical (unpaired) electrons. The number of aliphatic carboxylic acids is 1.